The van der Waals surface area contributed by atoms with Gasteiger partial charge in [-0.15, -0.1) is 12.4 Å². The van der Waals surface area contributed by atoms with Crippen molar-refractivity contribution in [3.63, 3.8) is 0 Å². The molecule has 1 fully saturated rings. The minimum atomic E-state index is -0.969. The molecular formula is C25H32ClN3O4. The zero-order valence-electron chi connectivity index (χ0n) is 19.2. The largest absolute Gasteiger partial charge is 0.495 e. The number of para-hydroxylation sites is 2. The van der Waals surface area contributed by atoms with E-state index in [2.05, 4.69) is 22.8 Å². The van der Waals surface area contributed by atoms with Crippen LogP contribution in [0.4, 0.5) is 11.4 Å². The van der Waals surface area contributed by atoms with Gasteiger partial charge in [-0.1, -0.05) is 31.5 Å². The summed E-state index contributed by atoms with van der Waals surface area (Å²) in [4.78, 5) is 31.1. The molecule has 33 heavy (non-hydrogen) atoms. The van der Waals surface area contributed by atoms with Crippen molar-refractivity contribution in [2.75, 3.05) is 49.6 Å². The summed E-state index contributed by atoms with van der Waals surface area (Å²) in [5.41, 5.74) is 3.12. The molecule has 1 atom stereocenters. The number of carboxylic acid groups (broad SMARTS) is 1. The summed E-state index contributed by atoms with van der Waals surface area (Å²) >= 11 is 0. The Balaban J connectivity index is 0.00000306. The molecule has 2 heterocycles. The number of rotatable bonds is 7. The maximum Gasteiger partial charge on any atom is 0.335 e. The summed E-state index contributed by atoms with van der Waals surface area (Å²) in [6, 6.07) is 13.2. The number of amides is 1. The van der Waals surface area contributed by atoms with Gasteiger partial charge in [0.2, 0.25) is 5.91 Å². The maximum absolute atomic E-state index is 13.1. The highest BCUT2D eigenvalue weighted by atomic mass is 35.5. The van der Waals surface area contributed by atoms with Gasteiger partial charge in [-0.25, -0.2) is 4.79 Å². The number of piperazine rings is 1. The van der Waals surface area contributed by atoms with Crippen molar-refractivity contribution in [3.05, 3.63) is 53.6 Å². The first-order chi connectivity index (χ1) is 15.5. The van der Waals surface area contributed by atoms with Gasteiger partial charge in [0, 0.05) is 50.9 Å². The van der Waals surface area contributed by atoms with Crippen molar-refractivity contribution in [3.8, 4) is 5.75 Å². The number of hydrogen-bond donors (Lipinski definition) is 1. The van der Waals surface area contributed by atoms with Crippen molar-refractivity contribution >= 4 is 35.7 Å². The fraction of sp³-hybridized carbons (Fsp3) is 0.440. The molecule has 0 spiro atoms. The number of halogens is 1. The van der Waals surface area contributed by atoms with Crippen LogP contribution in [-0.4, -0.2) is 61.7 Å². The van der Waals surface area contributed by atoms with Gasteiger partial charge in [-0.3, -0.25) is 9.69 Å². The quantitative estimate of drug-likeness (QED) is 0.649. The molecule has 1 unspecified atom stereocenters. The summed E-state index contributed by atoms with van der Waals surface area (Å²) < 4.78 is 5.52. The van der Waals surface area contributed by atoms with Gasteiger partial charge in [-0.05, 0) is 36.2 Å². The Hall–Kier alpha value is -2.77. The minimum Gasteiger partial charge on any atom is -0.495 e. The van der Waals surface area contributed by atoms with E-state index < -0.39 is 5.97 Å². The first kappa shape index (κ1) is 24.9. The summed E-state index contributed by atoms with van der Waals surface area (Å²) in [5, 5.41) is 9.48. The first-order valence-electron chi connectivity index (χ1n) is 11.3. The Morgan fingerprint density at radius 2 is 1.82 bits per heavy atom. The maximum atomic E-state index is 13.1. The summed E-state index contributed by atoms with van der Waals surface area (Å²) in [6.07, 6.45) is 2.30. The number of carbonyl (C=O) groups excluding carboxylic acids is 1. The molecule has 8 heteroatoms. The SMILES string of the molecule is CCCCN1C(=O)CC(N2CCN(c3ccccc3OC)CC2)c2ccc(C(=O)O)cc21.Cl. The lowest BCUT2D eigenvalue weighted by atomic mass is 9.92. The summed E-state index contributed by atoms with van der Waals surface area (Å²) in [6.45, 7) is 6.04. The molecule has 2 aromatic rings. The molecule has 0 saturated carbocycles. The van der Waals surface area contributed by atoms with E-state index >= 15 is 0 Å². The third kappa shape index (κ3) is 5.09. The number of unbranched alkanes of at least 4 members (excludes halogenated alkanes) is 1. The van der Waals surface area contributed by atoms with Crippen LogP contribution in [0.2, 0.25) is 0 Å². The predicted octanol–water partition coefficient (Wildman–Crippen LogP) is 4.22. The van der Waals surface area contributed by atoms with Gasteiger partial charge < -0.3 is 19.6 Å². The molecule has 0 radical (unpaired) electrons. The van der Waals surface area contributed by atoms with Gasteiger partial charge in [0.25, 0.3) is 0 Å². The molecule has 4 rings (SSSR count). The Labute approximate surface area is 201 Å². The van der Waals surface area contributed by atoms with Crippen LogP contribution in [0, 0.1) is 0 Å². The highest BCUT2D eigenvalue weighted by molar-refractivity contribution is 5.99. The number of fused-ring (bicyclic) bond motifs is 1. The Morgan fingerprint density at radius 3 is 2.48 bits per heavy atom. The molecule has 2 aliphatic rings. The van der Waals surface area contributed by atoms with E-state index in [-0.39, 0.29) is 29.9 Å². The zero-order chi connectivity index (χ0) is 22.7. The second-order valence-corrected chi connectivity index (χ2v) is 8.39. The Kier molecular flexibility index (Phi) is 8.21. The van der Waals surface area contributed by atoms with E-state index in [4.69, 9.17) is 4.74 Å². The molecular weight excluding hydrogens is 442 g/mol. The van der Waals surface area contributed by atoms with Crippen molar-refractivity contribution < 1.29 is 19.4 Å². The number of ether oxygens (including phenoxy) is 1. The number of carbonyl (C=O) groups is 2. The Morgan fingerprint density at radius 1 is 1.09 bits per heavy atom. The lowest BCUT2D eigenvalue weighted by molar-refractivity contribution is -0.120. The lowest BCUT2D eigenvalue weighted by Gasteiger charge is -2.44. The normalized spacial score (nSPS) is 18.5. The standard InChI is InChI=1S/C25H31N3O4.ClH/c1-3-4-11-28-22-16-18(25(30)31)9-10-19(22)21(17-24(28)29)27-14-12-26(13-15-27)20-7-5-6-8-23(20)32-2;/h5-10,16,21H,3-4,11-15,17H2,1-2H3,(H,30,31);1H. The van der Waals surface area contributed by atoms with Crippen molar-refractivity contribution in [2.24, 2.45) is 0 Å². The molecule has 2 aliphatic heterocycles. The fourth-order valence-electron chi connectivity index (χ4n) is 4.76. The van der Waals surface area contributed by atoms with E-state index in [0.29, 0.717) is 13.0 Å². The van der Waals surface area contributed by atoms with Crippen LogP contribution in [0.3, 0.4) is 0 Å². The lowest BCUT2D eigenvalue weighted by Crippen LogP contribution is -2.50. The van der Waals surface area contributed by atoms with Crippen LogP contribution in [0.25, 0.3) is 0 Å². The second-order valence-electron chi connectivity index (χ2n) is 8.39. The third-order valence-electron chi connectivity index (χ3n) is 6.51. The average Bonchev–Trinajstić information content (AvgIpc) is 2.82. The predicted molar refractivity (Wildman–Crippen MR) is 132 cm³/mol. The average molecular weight is 474 g/mol. The number of anilines is 2. The van der Waals surface area contributed by atoms with Crippen molar-refractivity contribution in [1.29, 1.82) is 0 Å². The number of aromatic carboxylic acids is 1. The van der Waals surface area contributed by atoms with Gasteiger partial charge in [0.1, 0.15) is 5.75 Å². The van der Waals surface area contributed by atoms with Gasteiger partial charge >= 0.3 is 5.97 Å². The van der Waals surface area contributed by atoms with Crippen LogP contribution in [0.15, 0.2) is 42.5 Å². The number of nitrogens with zero attached hydrogens (tertiary/aromatic N) is 3. The van der Waals surface area contributed by atoms with Crippen LogP contribution in [0.5, 0.6) is 5.75 Å². The van der Waals surface area contributed by atoms with E-state index in [1.165, 1.54) is 0 Å². The van der Waals surface area contributed by atoms with Gasteiger partial charge in [0.15, 0.2) is 0 Å². The van der Waals surface area contributed by atoms with Crippen LogP contribution >= 0.6 is 12.4 Å². The molecule has 7 nitrogen and oxygen atoms in total. The Bertz CT molecular complexity index is 991. The topological polar surface area (TPSA) is 73.3 Å². The van der Waals surface area contributed by atoms with E-state index in [1.807, 2.05) is 24.3 Å². The highest BCUT2D eigenvalue weighted by Gasteiger charge is 2.36. The second kappa shape index (κ2) is 10.9. The van der Waals surface area contributed by atoms with Crippen LogP contribution < -0.4 is 14.5 Å². The fourth-order valence-corrected chi connectivity index (χ4v) is 4.76. The van der Waals surface area contributed by atoms with E-state index in [9.17, 15) is 14.7 Å². The summed E-state index contributed by atoms with van der Waals surface area (Å²) in [7, 11) is 1.69. The van der Waals surface area contributed by atoms with Gasteiger partial charge in [-0.2, -0.15) is 0 Å². The molecule has 0 aliphatic carbocycles. The number of carboxylic acids is 1. The monoisotopic (exact) mass is 473 g/mol. The third-order valence-corrected chi connectivity index (χ3v) is 6.51. The molecule has 1 saturated heterocycles. The van der Waals surface area contributed by atoms with E-state index in [0.717, 1.165) is 61.7 Å². The first-order valence-corrected chi connectivity index (χ1v) is 11.3. The smallest absolute Gasteiger partial charge is 0.335 e. The highest BCUT2D eigenvalue weighted by Crippen LogP contribution is 2.40. The molecule has 2 aromatic carbocycles. The van der Waals surface area contributed by atoms with Crippen LogP contribution in [-0.2, 0) is 4.79 Å². The molecule has 0 bridgehead atoms. The molecule has 1 N–H and O–H groups in total. The van der Waals surface area contributed by atoms with Gasteiger partial charge in [0.05, 0.1) is 18.4 Å². The van der Waals surface area contributed by atoms with Crippen molar-refractivity contribution in [1.82, 2.24) is 4.90 Å². The molecule has 1 amide bonds. The zero-order valence-corrected chi connectivity index (χ0v) is 20.0. The molecule has 178 valence electrons. The van der Waals surface area contributed by atoms with E-state index in [1.54, 1.807) is 24.1 Å². The minimum absolute atomic E-state index is 0. The van der Waals surface area contributed by atoms with Crippen molar-refractivity contribution in [2.45, 2.75) is 32.2 Å². The number of benzene rings is 2. The molecule has 0 aromatic heterocycles. The number of methoxy groups -OCH3 is 1. The van der Waals surface area contributed by atoms with Crippen LogP contribution in [0.1, 0.15) is 48.1 Å². The number of hydrogen-bond acceptors (Lipinski definition) is 5. The summed E-state index contributed by atoms with van der Waals surface area (Å²) in [5.74, 6) is -0.0270.